The van der Waals surface area contributed by atoms with E-state index in [1.807, 2.05) is 6.07 Å². The minimum Gasteiger partial charge on any atom is -0.324 e. The predicted octanol–water partition coefficient (Wildman–Crippen LogP) is 3.71. The van der Waals surface area contributed by atoms with E-state index in [0.717, 1.165) is 25.7 Å². The Morgan fingerprint density at radius 2 is 1.70 bits per heavy atom. The highest BCUT2D eigenvalue weighted by atomic mass is 32.2. The highest BCUT2D eigenvalue weighted by Gasteiger charge is 2.35. The van der Waals surface area contributed by atoms with Crippen LogP contribution >= 0.6 is 11.8 Å². The molecule has 0 aliphatic carbocycles. The van der Waals surface area contributed by atoms with E-state index in [9.17, 15) is 18.0 Å². The van der Waals surface area contributed by atoms with Crippen LogP contribution in [0.15, 0.2) is 53.4 Å². The molecule has 2 heterocycles. The van der Waals surface area contributed by atoms with E-state index < -0.39 is 16.1 Å². The fraction of sp³-hybridized carbons (Fsp3) is 0.417. The number of thioether (sulfide) groups is 1. The molecule has 9 heteroatoms. The molecule has 1 atom stereocenters. The quantitative estimate of drug-likeness (QED) is 0.695. The Labute approximate surface area is 199 Å². The van der Waals surface area contributed by atoms with Crippen LogP contribution in [0.4, 0.5) is 5.69 Å². The highest BCUT2D eigenvalue weighted by Crippen LogP contribution is 2.28. The molecule has 1 N–H and O–H groups in total. The van der Waals surface area contributed by atoms with Crippen LogP contribution < -0.4 is 5.32 Å². The van der Waals surface area contributed by atoms with Crippen molar-refractivity contribution in [1.82, 2.24) is 9.21 Å². The summed E-state index contributed by atoms with van der Waals surface area (Å²) in [5, 5.41) is 2.85. The number of aryl methyl sites for hydroxylation is 1. The maximum atomic E-state index is 13.3. The molecule has 33 heavy (non-hydrogen) atoms. The van der Waals surface area contributed by atoms with Crippen LogP contribution in [0.2, 0.25) is 0 Å². The number of hydrogen-bond donors (Lipinski definition) is 1. The maximum absolute atomic E-state index is 13.3. The van der Waals surface area contributed by atoms with Gasteiger partial charge in [-0.15, -0.1) is 11.8 Å². The Balaban J connectivity index is 1.52. The molecule has 0 spiro atoms. The number of amides is 2. The summed E-state index contributed by atoms with van der Waals surface area (Å²) in [5.74, 6) is 0.434. The number of hydrogen-bond acceptors (Lipinski definition) is 5. The number of carbonyl (C=O) groups excluding carboxylic acids is 2. The van der Waals surface area contributed by atoms with Crippen LogP contribution in [0.25, 0.3) is 0 Å². The first-order chi connectivity index (χ1) is 15.9. The van der Waals surface area contributed by atoms with Gasteiger partial charge in [0.15, 0.2) is 0 Å². The second kappa shape index (κ2) is 10.3. The minimum absolute atomic E-state index is 0.186. The van der Waals surface area contributed by atoms with Gasteiger partial charge in [-0.2, -0.15) is 4.31 Å². The number of sulfonamides is 1. The van der Waals surface area contributed by atoms with E-state index in [-0.39, 0.29) is 16.7 Å². The summed E-state index contributed by atoms with van der Waals surface area (Å²) >= 11 is 1.52. The molecule has 2 amide bonds. The number of nitrogens with one attached hydrogen (secondary N) is 1. The van der Waals surface area contributed by atoms with E-state index in [1.165, 1.54) is 11.8 Å². The Morgan fingerprint density at radius 1 is 1.00 bits per heavy atom. The van der Waals surface area contributed by atoms with Crippen LogP contribution in [0.3, 0.4) is 0 Å². The Kier molecular flexibility index (Phi) is 7.41. The molecule has 4 rings (SSSR count). The van der Waals surface area contributed by atoms with Gasteiger partial charge in [0.05, 0.1) is 10.8 Å². The zero-order valence-corrected chi connectivity index (χ0v) is 20.3. The van der Waals surface area contributed by atoms with Crippen molar-refractivity contribution in [1.29, 1.82) is 0 Å². The number of benzene rings is 2. The zero-order chi connectivity index (χ0) is 23.4. The van der Waals surface area contributed by atoms with Crippen molar-refractivity contribution >= 4 is 39.3 Å². The van der Waals surface area contributed by atoms with Crippen LogP contribution in [0, 0.1) is 6.92 Å². The smallest absolute Gasteiger partial charge is 0.255 e. The fourth-order valence-electron chi connectivity index (χ4n) is 4.21. The van der Waals surface area contributed by atoms with Gasteiger partial charge in [-0.25, -0.2) is 8.42 Å². The van der Waals surface area contributed by atoms with E-state index >= 15 is 0 Å². The summed E-state index contributed by atoms with van der Waals surface area (Å²) in [6, 6.07) is 13.3. The van der Waals surface area contributed by atoms with Gasteiger partial charge >= 0.3 is 0 Å². The lowest BCUT2D eigenvalue weighted by molar-refractivity contribution is -0.119. The van der Waals surface area contributed by atoms with Crippen LogP contribution in [-0.2, 0) is 14.8 Å². The molecule has 0 aromatic heterocycles. The molecule has 176 valence electrons. The van der Waals surface area contributed by atoms with Crippen molar-refractivity contribution < 1.29 is 18.0 Å². The van der Waals surface area contributed by atoms with Gasteiger partial charge in [-0.05, 0) is 49.6 Å². The van der Waals surface area contributed by atoms with Crippen molar-refractivity contribution in [2.24, 2.45) is 0 Å². The minimum atomic E-state index is -3.64. The molecule has 2 fully saturated rings. The van der Waals surface area contributed by atoms with Crippen molar-refractivity contribution in [3.63, 3.8) is 0 Å². The molecule has 2 aromatic carbocycles. The summed E-state index contributed by atoms with van der Waals surface area (Å²) in [4.78, 5) is 27.8. The zero-order valence-electron chi connectivity index (χ0n) is 18.7. The summed E-state index contributed by atoms with van der Waals surface area (Å²) in [6.07, 6.45) is 3.80. The average molecular weight is 488 g/mol. The first kappa shape index (κ1) is 23.8. The van der Waals surface area contributed by atoms with Crippen LogP contribution in [0.5, 0.6) is 0 Å². The predicted molar refractivity (Wildman–Crippen MR) is 131 cm³/mol. The van der Waals surface area contributed by atoms with Gasteiger partial charge in [0.25, 0.3) is 5.91 Å². The van der Waals surface area contributed by atoms with Crippen LogP contribution in [0.1, 0.15) is 41.6 Å². The van der Waals surface area contributed by atoms with Gasteiger partial charge < -0.3 is 10.2 Å². The molecular weight excluding hydrogens is 458 g/mol. The normalized spacial score (nSPS) is 19.8. The summed E-state index contributed by atoms with van der Waals surface area (Å²) < 4.78 is 28.2. The lowest BCUT2D eigenvalue weighted by atomic mass is 10.1. The molecule has 0 bridgehead atoms. The van der Waals surface area contributed by atoms with Crippen molar-refractivity contribution in [3.8, 4) is 0 Å². The number of rotatable bonds is 5. The van der Waals surface area contributed by atoms with Gasteiger partial charge in [0.1, 0.15) is 6.04 Å². The molecule has 0 saturated carbocycles. The summed E-state index contributed by atoms with van der Waals surface area (Å²) in [5.41, 5.74) is 1.61. The van der Waals surface area contributed by atoms with E-state index in [2.05, 4.69) is 5.32 Å². The van der Waals surface area contributed by atoms with Gasteiger partial charge in [0, 0.05) is 30.1 Å². The third-order valence-corrected chi connectivity index (χ3v) is 9.16. The highest BCUT2D eigenvalue weighted by molar-refractivity contribution is 7.99. The molecule has 2 aliphatic rings. The molecular formula is C24H29N3O4S2. The second-order valence-electron chi connectivity index (χ2n) is 8.44. The number of anilines is 1. The molecule has 7 nitrogen and oxygen atoms in total. The molecule has 2 saturated heterocycles. The monoisotopic (exact) mass is 487 g/mol. The van der Waals surface area contributed by atoms with Gasteiger partial charge in [-0.1, -0.05) is 37.1 Å². The topological polar surface area (TPSA) is 86.8 Å². The first-order valence-corrected chi connectivity index (χ1v) is 13.8. The van der Waals surface area contributed by atoms with E-state index in [0.29, 0.717) is 41.5 Å². The molecule has 0 radical (unpaired) electrons. The molecule has 2 aliphatic heterocycles. The van der Waals surface area contributed by atoms with Crippen LogP contribution in [-0.4, -0.2) is 60.2 Å². The molecule has 2 aromatic rings. The Hall–Kier alpha value is -2.36. The van der Waals surface area contributed by atoms with E-state index in [4.69, 9.17) is 0 Å². The lowest BCUT2D eigenvalue weighted by Crippen LogP contribution is -2.44. The summed E-state index contributed by atoms with van der Waals surface area (Å²) in [6.45, 7) is 2.81. The van der Waals surface area contributed by atoms with Crippen molar-refractivity contribution in [2.75, 3.05) is 30.0 Å². The standard InChI is InChI=1S/C24H29N3O4S2/c1-18-11-12-20(15-22(18)33(30,31)26-13-7-2-3-8-14-26)25-23(28)21-16-32-17-27(21)24(29)19-9-5-4-6-10-19/h4-6,9-12,15,21H,2-3,7-8,13-14,16-17H2,1H3,(H,25,28)/t21-/m0/s1. The van der Waals surface area contributed by atoms with Crippen molar-refractivity contribution in [3.05, 3.63) is 59.7 Å². The van der Waals surface area contributed by atoms with Crippen molar-refractivity contribution in [2.45, 2.75) is 43.5 Å². The molecule has 0 unspecified atom stereocenters. The maximum Gasteiger partial charge on any atom is 0.255 e. The second-order valence-corrected chi connectivity index (χ2v) is 11.4. The lowest BCUT2D eigenvalue weighted by Gasteiger charge is -2.24. The fourth-order valence-corrected chi connectivity index (χ4v) is 7.13. The van der Waals surface area contributed by atoms with Gasteiger partial charge in [-0.3, -0.25) is 9.59 Å². The third-order valence-electron chi connectivity index (χ3n) is 6.11. The summed E-state index contributed by atoms with van der Waals surface area (Å²) in [7, 11) is -3.64. The average Bonchev–Trinajstić information content (AvgIpc) is 3.14. The largest absolute Gasteiger partial charge is 0.324 e. The van der Waals surface area contributed by atoms with Gasteiger partial charge in [0.2, 0.25) is 15.9 Å². The Morgan fingerprint density at radius 3 is 2.39 bits per heavy atom. The third kappa shape index (κ3) is 5.26. The first-order valence-electron chi connectivity index (χ1n) is 11.2. The number of carbonyl (C=O) groups is 2. The number of nitrogens with zero attached hydrogens (tertiary/aromatic N) is 2. The van der Waals surface area contributed by atoms with E-state index in [1.54, 1.807) is 58.6 Å². The SMILES string of the molecule is Cc1ccc(NC(=O)[C@@H]2CSCN2C(=O)c2ccccc2)cc1S(=O)(=O)N1CCCCCC1. The Bertz CT molecular complexity index is 1110.